The molecular weight excluding hydrogens is 417 g/mol. The first-order chi connectivity index (χ1) is 11.3. The average molecular weight is 445 g/mol. The fourth-order valence-electron chi connectivity index (χ4n) is 3.38. The lowest BCUT2D eigenvalue weighted by atomic mass is 10.2. The molecule has 2 saturated heterocycles. The van der Waals surface area contributed by atoms with Gasteiger partial charge in [0.05, 0.1) is 6.54 Å². The van der Waals surface area contributed by atoms with Crippen molar-refractivity contribution in [3.05, 3.63) is 24.4 Å². The first kappa shape index (κ1) is 19.2. The highest BCUT2D eigenvalue weighted by molar-refractivity contribution is 14.0. The molecule has 0 saturated carbocycles. The van der Waals surface area contributed by atoms with E-state index in [9.17, 15) is 0 Å². The van der Waals surface area contributed by atoms with Gasteiger partial charge in [0, 0.05) is 44.9 Å². The largest absolute Gasteiger partial charge is 0.472 e. The van der Waals surface area contributed by atoms with Crippen LogP contribution in [0.2, 0.25) is 0 Å². The van der Waals surface area contributed by atoms with Crippen LogP contribution in [0.4, 0.5) is 0 Å². The van der Waals surface area contributed by atoms with Crippen molar-refractivity contribution in [2.24, 2.45) is 4.99 Å². The number of hydrogen-bond donors (Lipinski definition) is 1. The molecule has 1 N–H and O–H groups in total. The SMILES string of the molecule is CN=C(NCC1CCCN1C)N1CCC(Oc2ccccn2)C1.I. The second-order valence-corrected chi connectivity index (χ2v) is 6.35. The second-order valence-electron chi connectivity index (χ2n) is 6.35. The number of guanidine groups is 1. The monoisotopic (exact) mass is 445 g/mol. The number of ether oxygens (including phenoxy) is 1. The van der Waals surface area contributed by atoms with Crippen LogP contribution in [-0.4, -0.2) is 73.2 Å². The molecule has 134 valence electrons. The van der Waals surface area contributed by atoms with Crippen molar-refractivity contribution < 1.29 is 4.74 Å². The Morgan fingerprint density at radius 1 is 1.38 bits per heavy atom. The molecule has 24 heavy (non-hydrogen) atoms. The molecule has 0 spiro atoms. The van der Waals surface area contributed by atoms with Crippen LogP contribution in [0, 0.1) is 0 Å². The van der Waals surface area contributed by atoms with Gasteiger partial charge in [0.25, 0.3) is 0 Å². The Morgan fingerprint density at radius 2 is 2.25 bits per heavy atom. The van der Waals surface area contributed by atoms with Crippen LogP contribution in [0.1, 0.15) is 19.3 Å². The molecule has 2 aliphatic rings. The number of rotatable bonds is 4. The Kier molecular flexibility index (Phi) is 7.54. The van der Waals surface area contributed by atoms with Crippen LogP contribution in [-0.2, 0) is 0 Å². The minimum atomic E-state index is 0. The smallest absolute Gasteiger partial charge is 0.213 e. The zero-order chi connectivity index (χ0) is 16.1. The van der Waals surface area contributed by atoms with Gasteiger partial charge in [-0.3, -0.25) is 4.99 Å². The van der Waals surface area contributed by atoms with E-state index in [0.29, 0.717) is 11.9 Å². The predicted octanol–water partition coefficient (Wildman–Crippen LogP) is 1.82. The summed E-state index contributed by atoms with van der Waals surface area (Å²) in [6.45, 7) is 3.99. The second kappa shape index (κ2) is 9.41. The van der Waals surface area contributed by atoms with Gasteiger partial charge in [-0.05, 0) is 32.5 Å². The average Bonchev–Trinajstić information content (AvgIpc) is 3.19. The summed E-state index contributed by atoms with van der Waals surface area (Å²) in [4.78, 5) is 13.4. The number of nitrogens with one attached hydrogen (secondary N) is 1. The van der Waals surface area contributed by atoms with E-state index in [2.05, 4.69) is 32.1 Å². The third-order valence-electron chi connectivity index (χ3n) is 4.75. The third kappa shape index (κ3) is 4.95. The van der Waals surface area contributed by atoms with Gasteiger partial charge < -0.3 is 19.9 Å². The topological polar surface area (TPSA) is 53.0 Å². The normalized spacial score (nSPS) is 24.8. The molecule has 1 aromatic heterocycles. The molecule has 0 bridgehead atoms. The lowest BCUT2D eigenvalue weighted by Crippen LogP contribution is -2.45. The predicted molar refractivity (Wildman–Crippen MR) is 107 cm³/mol. The Balaban J connectivity index is 0.00000208. The number of halogens is 1. The minimum Gasteiger partial charge on any atom is -0.472 e. The van der Waals surface area contributed by atoms with E-state index in [-0.39, 0.29) is 30.1 Å². The van der Waals surface area contributed by atoms with Crippen molar-refractivity contribution >= 4 is 29.9 Å². The fourth-order valence-corrected chi connectivity index (χ4v) is 3.38. The van der Waals surface area contributed by atoms with E-state index in [0.717, 1.165) is 32.0 Å². The molecule has 6 nitrogen and oxygen atoms in total. The molecule has 0 amide bonds. The van der Waals surface area contributed by atoms with Gasteiger partial charge in [-0.2, -0.15) is 0 Å². The van der Waals surface area contributed by atoms with Crippen molar-refractivity contribution in [3.8, 4) is 5.88 Å². The molecule has 3 rings (SSSR count). The van der Waals surface area contributed by atoms with Crippen LogP contribution in [0.3, 0.4) is 0 Å². The number of aliphatic imine (C=N–C) groups is 1. The van der Waals surface area contributed by atoms with Crippen LogP contribution in [0.15, 0.2) is 29.4 Å². The number of pyridine rings is 1. The summed E-state index contributed by atoms with van der Waals surface area (Å²) in [5.74, 6) is 1.69. The van der Waals surface area contributed by atoms with E-state index < -0.39 is 0 Å². The fraction of sp³-hybridized carbons (Fsp3) is 0.647. The van der Waals surface area contributed by atoms with E-state index in [1.54, 1.807) is 6.20 Å². The van der Waals surface area contributed by atoms with Gasteiger partial charge in [0.2, 0.25) is 5.88 Å². The lowest BCUT2D eigenvalue weighted by Gasteiger charge is -2.25. The van der Waals surface area contributed by atoms with Crippen molar-refractivity contribution in [1.29, 1.82) is 0 Å². The lowest BCUT2D eigenvalue weighted by molar-refractivity contribution is 0.205. The van der Waals surface area contributed by atoms with Crippen LogP contribution in [0.5, 0.6) is 5.88 Å². The first-order valence-electron chi connectivity index (χ1n) is 8.50. The molecule has 2 unspecified atom stereocenters. The van der Waals surface area contributed by atoms with Crippen LogP contribution in [0.25, 0.3) is 0 Å². The summed E-state index contributed by atoms with van der Waals surface area (Å²) in [7, 11) is 4.06. The molecule has 2 fully saturated rings. The first-order valence-corrected chi connectivity index (χ1v) is 8.50. The van der Waals surface area contributed by atoms with E-state index >= 15 is 0 Å². The van der Waals surface area contributed by atoms with Gasteiger partial charge in [-0.1, -0.05) is 6.07 Å². The van der Waals surface area contributed by atoms with E-state index in [1.807, 2.05) is 25.2 Å². The van der Waals surface area contributed by atoms with E-state index in [1.165, 1.54) is 19.4 Å². The maximum Gasteiger partial charge on any atom is 0.213 e. The molecule has 2 aliphatic heterocycles. The molecule has 0 radical (unpaired) electrons. The van der Waals surface area contributed by atoms with Gasteiger partial charge in [-0.15, -0.1) is 24.0 Å². The minimum absolute atomic E-state index is 0. The maximum atomic E-state index is 5.95. The highest BCUT2D eigenvalue weighted by atomic mass is 127. The number of likely N-dealkylation sites (tertiary alicyclic amines) is 2. The zero-order valence-electron chi connectivity index (χ0n) is 14.5. The highest BCUT2D eigenvalue weighted by Crippen LogP contribution is 2.17. The van der Waals surface area contributed by atoms with Gasteiger partial charge in [0.15, 0.2) is 5.96 Å². The summed E-state index contributed by atoms with van der Waals surface area (Å²) in [6.07, 6.45) is 5.51. The Morgan fingerprint density at radius 3 is 2.92 bits per heavy atom. The van der Waals surface area contributed by atoms with Gasteiger partial charge >= 0.3 is 0 Å². The number of nitrogens with zero attached hydrogens (tertiary/aromatic N) is 4. The zero-order valence-corrected chi connectivity index (χ0v) is 16.8. The molecule has 7 heteroatoms. The van der Waals surface area contributed by atoms with Gasteiger partial charge in [0.1, 0.15) is 6.10 Å². The van der Waals surface area contributed by atoms with Crippen molar-refractivity contribution in [2.75, 3.05) is 40.3 Å². The molecule has 0 aliphatic carbocycles. The highest BCUT2D eigenvalue weighted by Gasteiger charge is 2.27. The third-order valence-corrected chi connectivity index (χ3v) is 4.75. The summed E-state index contributed by atoms with van der Waals surface area (Å²) in [5.41, 5.74) is 0. The summed E-state index contributed by atoms with van der Waals surface area (Å²) in [5, 5.41) is 3.53. The summed E-state index contributed by atoms with van der Waals surface area (Å²) in [6, 6.07) is 6.38. The Labute approximate surface area is 161 Å². The van der Waals surface area contributed by atoms with Crippen molar-refractivity contribution in [1.82, 2.24) is 20.1 Å². The van der Waals surface area contributed by atoms with Crippen LogP contribution < -0.4 is 10.1 Å². The molecular formula is C17H28IN5O. The van der Waals surface area contributed by atoms with E-state index in [4.69, 9.17) is 4.74 Å². The number of hydrogen-bond acceptors (Lipinski definition) is 4. The van der Waals surface area contributed by atoms with Crippen molar-refractivity contribution in [2.45, 2.75) is 31.4 Å². The molecule has 1 aromatic rings. The molecule has 0 aromatic carbocycles. The molecule has 2 atom stereocenters. The van der Waals surface area contributed by atoms with Crippen molar-refractivity contribution in [3.63, 3.8) is 0 Å². The summed E-state index contributed by atoms with van der Waals surface area (Å²) >= 11 is 0. The summed E-state index contributed by atoms with van der Waals surface area (Å²) < 4.78 is 5.95. The number of likely N-dealkylation sites (N-methyl/N-ethyl adjacent to an activating group) is 1. The number of aromatic nitrogens is 1. The standard InChI is InChI=1S/C17H27N5O.HI/c1-18-17(20-12-14-6-5-10-21(14)2)22-11-8-15(13-22)23-16-7-3-4-9-19-16;/h3-4,7,9,14-15H,5-6,8,10-13H2,1-2H3,(H,18,20);1H. The quantitative estimate of drug-likeness (QED) is 0.436. The Hall–Kier alpha value is -1.09. The van der Waals surface area contributed by atoms with Crippen LogP contribution >= 0.6 is 24.0 Å². The maximum absolute atomic E-state index is 5.95. The Bertz CT molecular complexity index is 527. The van der Waals surface area contributed by atoms with Gasteiger partial charge in [-0.25, -0.2) is 4.98 Å². The molecule has 3 heterocycles.